The fraction of sp³-hybridized carbons (Fsp3) is 0.381. The number of nitrogens with one attached hydrogen (secondary N) is 2. The third-order valence-electron chi connectivity index (χ3n) is 5.55. The number of halogens is 3. The molecular weight excluding hydrogens is 425 g/mol. The van der Waals surface area contributed by atoms with Crippen molar-refractivity contribution in [2.75, 3.05) is 5.32 Å². The maximum atomic E-state index is 13.1. The van der Waals surface area contributed by atoms with Crippen LogP contribution in [0.5, 0.6) is 0 Å². The van der Waals surface area contributed by atoms with Crippen molar-refractivity contribution in [1.82, 2.24) is 25.4 Å². The van der Waals surface area contributed by atoms with Gasteiger partial charge < -0.3 is 15.2 Å². The lowest BCUT2D eigenvalue weighted by Crippen LogP contribution is -2.52. The zero-order valence-electron chi connectivity index (χ0n) is 17.4. The molecule has 0 aliphatic heterocycles. The number of hydrogen-bond acceptors (Lipinski definition) is 7. The highest BCUT2D eigenvalue weighted by atomic mass is 19.4. The van der Waals surface area contributed by atoms with Crippen molar-refractivity contribution in [3.05, 3.63) is 53.7 Å². The normalized spacial score (nSPS) is 20.8. The summed E-state index contributed by atoms with van der Waals surface area (Å²) < 4.78 is 43.4. The van der Waals surface area contributed by atoms with E-state index in [2.05, 4.69) is 30.7 Å². The highest BCUT2D eigenvalue weighted by molar-refractivity contribution is 6.00. The Labute approximate surface area is 181 Å². The molecule has 0 saturated heterocycles. The molecule has 2 heterocycles. The van der Waals surface area contributed by atoms with Crippen molar-refractivity contribution in [2.45, 2.75) is 50.9 Å². The molecule has 1 aliphatic carbocycles. The first kappa shape index (κ1) is 21.7. The van der Waals surface area contributed by atoms with E-state index in [0.29, 0.717) is 36.0 Å². The SMILES string of the molecule is Cc1noc(-c2ccccc2C(=O)NC2CCC[C@]2(C)Nc2cnc(C(F)(F)F)cn2)n1. The quantitative estimate of drug-likeness (QED) is 0.610. The summed E-state index contributed by atoms with van der Waals surface area (Å²) in [5.74, 6) is 0.610. The molecule has 11 heteroatoms. The molecule has 2 atom stereocenters. The number of nitrogens with zero attached hydrogens (tertiary/aromatic N) is 4. The van der Waals surface area contributed by atoms with E-state index in [1.54, 1.807) is 31.2 Å². The van der Waals surface area contributed by atoms with Gasteiger partial charge in [-0.1, -0.05) is 17.3 Å². The van der Waals surface area contributed by atoms with Crippen molar-refractivity contribution < 1.29 is 22.5 Å². The van der Waals surface area contributed by atoms with E-state index in [-0.39, 0.29) is 23.7 Å². The van der Waals surface area contributed by atoms with Crippen LogP contribution in [0.4, 0.5) is 19.0 Å². The van der Waals surface area contributed by atoms with E-state index in [9.17, 15) is 18.0 Å². The molecule has 0 radical (unpaired) electrons. The van der Waals surface area contributed by atoms with Crippen LogP contribution in [0.1, 0.15) is 48.1 Å². The van der Waals surface area contributed by atoms with E-state index < -0.39 is 17.4 Å². The summed E-state index contributed by atoms with van der Waals surface area (Å²) in [6, 6.07) is 6.63. The van der Waals surface area contributed by atoms with Crippen LogP contribution >= 0.6 is 0 Å². The zero-order chi connectivity index (χ0) is 22.9. The van der Waals surface area contributed by atoms with Crippen LogP contribution in [0.2, 0.25) is 0 Å². The average Bonchev–Trinajstić information content (AvgIpc) is 3.33. The predicted octanol–water partition coefficient (Wildman–Crippen LogP) is 4.01. The van der Waals surface area contributed by atoms with Crippen LogP contribution in [-0.4, -0.2) is 37.6 Å². The van der Waals surface area contributed by atoms with Crippen molar-refractivity contribution in [3.63, 3.8) is 0 Å². The predicted molar refractivity (Wildman–Crippen MR) is 109 cm³/mol. The Kier molecular flexibility index (Phi) is 5.57. The molecule has 8 nitrogen and oxygen atoms in total. The first-order valence-electron chi connectivity index (χ1n) is 10.0. The van der Waals surface area contributed by atoms with Crippen molar-refractivity contribution >= 4 is 11.7 Å². The Morgan fingerprint density at radius 1 is 1.22 bits per heavy atom. The van der Waals surface area contributed by atoms with Gasteiger partial charge in [-0.15, -0.1) is 0 Å². The lowest BCUT2D eigenvalue weighted by atomic mass is 9.94. The molecule has 2 aromatic heterocycles. The third kappa shape index (κ3) is 4.41. The van der Waals surface area contributed by atoms with Gasteiger partial charge in [0.05, 0.1) is 35.1 Å². The molecular formula is C21H21F3N6O2. The van der Waals surface area contributed by atoms with Crippen LogP contribution in [0, 0.1) is 6.92 Å². The Morgan fingerprint density at radius 3 is 2.66 bits per heavy atom. The topological polar surface area (TPSA) is 106 Å². The first-order chi connectivity index (χ1) is 15.2. The molecule has 1 amide bonds. The van der Waals surface area contributed by atoms with Crippen LogP contribution in [0.25, 0.3) is 11.5 Å². The van der Waals surface area contributed by atoms with Gasteiger partial charge in [0.1, 0.15) is 5.82 Å². The average molecular weight is 446 g/mol. The Morgan fingerprint density at radius 2 is 2.00 bits per heavy atom. The van der Waals surface area contributed by atoms with E-state index in [1.807, 2.05) is 6.92 Å². The van der Waals surface area contributed by atoms with Gasteiger partial charge in [0.2, 0.25) is 0 Å². The second-order valence-corrected chi connectivity index (χ2v) is 7.94. The fourth-order valence-electron chi connectivity index (χ4n) is 3.89. The molecule has 1 aromatic carbocycles. The monoisotopic (exact) mass is 446 g/mol. The summed E-state index contributed by atoms with van der Waals surface area (Å²) in [4.78, 5) is 24.6. The maximum absolute atomic E-state index is 13.1. The van der Waals surface area contributed by atoms with Crippen LogP contribution < -0.4 is 10.6 Å². The number of rotatable bonds is 5. The second kappa shape index (κ2) is 8.21. The summed E-state index contributed by atoms with van der Waals surface area (Å²) in [6.45, 7) is 3.59. The molecule has 168 valence electrons. The number of alkyl halides is 3. The number of carbonyl (C=O) groups excluding carboxylic acids is 1. The molecule has 1 aliphatic rings. The van der Waals surface area contributed by atoms with E-state index in [4.69, 9.17) is 4.52 Å². The molecule has 0 bridgehead atoms. The van der Waals surface area contributed by atoms with Crippen molar-refractivity contribution in [1.29, 1.82) is 0 Å². The Balaban J connectivity index is 1.51. The second-order valence-electron chi connectivity index (χ2n) is 7.94. The minimum Gasteiger partial charge on any atom is -0.362 e. The molecule has 1 saturated carbocycles. The number of benzene rings is 1. The number of hydrogen-bond donors (Lipinski definition) is 2. The fourth-order valence-corrected chi connectivity index (χ4v) is 3.89. The van der Waals surface area contributed by atoms with Gasteiger partial charge >= 0.3 is 6.18 Å². The summed E-state index contributed by atoms with van der Waals surface area (Å²) in [6.07, 6.45) is -0.581. The standard InChI is InChI=1S/C21H21F3N6O2/c1-12-27-19(32-30-12)14-7-4-3-6-13(14)18(31)28-15-8-5-9-20(15,2)29-17-11-25-16(10-26-17)21(22,23)24/h3-4,6-7,10-11,15H,5,8-9H2,1-2H3,(H,26,29)(H,28,31)/t15?,20-/m0/s1. The minimum atomic E-state index is -4.55. The number of aromatic nitrogens is 4. The molecule has 32 heavy (non-hydrogen) atoms. The van der Waals surface area contributed by atoms with Gasteiger partial charge in [-0.2, -0.15) is 18.2 Å². The Bertz CT molecular complexity index is 1120. The largest absolute Gasteiger partial charge is 0.434 e. The van der Waals surface area contributed by atoms with Gasteiger partial charge in [-0.05, 0) is 45.2 Å². The number of aryl methyl sites for hydroxylation is 1. The molecule has 0 spiro atoms. The highest BCUT2D eigenvalue weighted by Gasteiger charge is 2.41. The van der Waals surface area contributed by atoms with Crippen molar-refractivity contribution in [3.8, 4) is 11.5 Å². The molecule has 1 unspecified atom stereocenters. The van der Waals surface area contributed by atoms with Crippen LogP contribution in [0.3, 0.4) is 0 Å². The maximum Gasteiger partial charge on any atom is 0.434 e. The Hall–Kier alpha value is -3.50. The number of amides is 1. The van der Waals surface area contributed by atoms with Gasteiger partial charge in [0.25, 0.3) is 11.8 Å². The number of anilines is 1. The third-order valence-corrected chi connectivity index (χ3v) is 5.55. The van der Waals surface area contributed by atoms with Crippen molar-refractivity contribution in [2.24, 2.45) is 0 Å². The first-order valence-corrected chi connectivity index (χ1v) is 10.0. The van der Waals surface area contributed by atoms with Gasteiger partial charge in [-0.3, -0.25) is 4.79 Å². The highest BCUT2D eigenvalue weighted by Crippen LogP contribution is 2.34. The lowest BCUT2D eigenvalue weighted by molar-refractivity contribution is -0.141. The van der Waals surface area contributed by atoms with Gasteiger partial charge in [-0.25, -0.2) is 9.97 Å². The van der Waals surface area contributed by atoms with Gasteiger partial charge in [0.15, 0.2) is 11.5 Å². The van der Waals surface area contributed by atoms with E-state index >= 15 is 0 Å². The summed E-state index contributed by atoms with van der Waals surface area (Å²) >= 11 is 0. The summed E-state index contributed by atoms with van der Waals surface area (Å²) in [7, 11) is 0. The number of carbonyl (C=O) groups is 1. The van der Waals surface area contributed by atoms with Crippen LogP contribution in [-0.2, 0) is 6.18 Å². The summed E-state index contributed by atoms with van der Waals surface area (Å²) in [5.41, 5.74) is -0.760. The molecule has 1 fully saturated rings. The molecule has 4 rings (SSSR count). The van der Waals surface area contributed by atoms with Crippen LogP contribution in [0.15, 0.2) is 41.2 Å². The molecule has 2 N–H and O–H groups in total. The zero-order valence-corrected chi connectivity index (χ0v) is 17.4. The molecule has 3 aromatic rings. The minimum absolute atomic E-state index is 0.211. The van der Waals surface area contributed by atoms with E-state index in [0.717, 1.165) is 12.6 Å². The lowest BCUT2D eigenvalue weighted by Gasteiger charge is -2.34. The smallest absolute Gasteiger partial charge is 0.362 e. The van der Waals surface area contributed by atoms with Gasteiger partial charge in [0, 0.05) is 0 Å². The summed E-state index contributed by atoms with van der Waals surface area (Å²) in [5, 5.41) is 9.97. The van der Waals surface area contributed by atoms with E-state index in [1.165, 1.54) is 0 Å².